The second kappa shape index (κ2) is 10.2. The third kappa shape index (κ3) is 5.29. The van der Waals surface area contributed by atoms with Gasteiger partial charge in [-0.05, 0) is 63.5 Å². The van der Waals surface area contributed by atoms with Crippen LogP contribution in [-0.4, -0.2) is 29.3 Å². The number of carbonyl (C=O) groups is 1. The van der Waals surface area contributed by atoms with Crippen LogP contribution in [0.15, 0.2) is 74.6 Å². The number of aromatic hydroxyl groups is 1. The molecule has 1 aromatic heterocycles. The zero-order valence-electron chi connectivity index (χ0n) is 16.9. The van der Waals surface area contributed by atoms with Crippen molar-refractivity contribution < 1.29 is 14.6 Å². The second-order valence-electron chi connectivity index (χ2n) is 6.69. The summed E-state index contributed by atoms with van der Waals surface area (Å²) in [5.41, 5.74) is 5.81. The largest absolute Gasteiger partial charge is 0.503 e. The summed E-state index contributed by atoms with van der Waals surface area (Å²) >= 11 is 6.62. The van der Waals surface area contributed by atoms with E-state index in [1.165, 1.54) is 18.0 Å². The first kappa shape index (κ1) is 22.3. The first-order valence-corrected chi connectivity index (χ1v) is 12.1. The van der Waals surface area contributed by atoms with Gasteiger partial charge < -0.3 is 9.84 Å². The lowest BCUT2D eigenvalue weighted by Crippen LogP contribution is -2.17. The number of thiazole rings is 1. The molecule has 0 aliphatic carbocycles. The van der Waals surface area contributed by atoms with Crippen molar-refractivity contribution in [3.63, 3.8) is 0 Å². The molecule has 0 aliphatic heterocycles. The van der Waals surface area contributed by atoms with Crippen LogP contribution < -0.4 is 10.2 Å². The number of halogens is 1. The Labute approximate surface area is 201 Å². The molecule has 0 saturated heterocycles. The molecule has 3 aromatic carbocycles. The number of aromatic nitrogens is 1. The van der Waals surface area contributed by atoms with Crippen molar-refractivity contribution in [1.82, 2.24) is 10.4 Å². The molecule has 0 unspecified atom stereocenters. The normalized spacial score (nSPS) is 11.2. The Kier molecular flexibility index (Phi) is 7.09. The molecular weight excluding hydrogens is 510 g/mol. The number of hydrazone groups is 1. The van der Waals surface area contributed by atoms with E-state index in [1.807, 2.05) is 30.3 Å². The predicted molar refractivity (Wildman–Crippen MR) is 133 cm³/mol. The predicted octanol–water partition coefficient (Wildman–Crippen LogP) is 5.83. The van der Waals surface area contributed by atoms with Gasteiger partial charge in [-0.15, -0.1) is 11.3 Å². The molecule has 0 radical (unpaired) electrons. The molecule has 4 aromatic rings. The van der Waals surface area contributed by atoms with Crippen LogP contribution in [0, 0.1) is 0 Å². The lowest BCUT2D eigenvalue weighted by molar-refractivity contribution is 0.0955. The number of thioether (sulfide) groups is 1. The number of fused-ring (bicyclic) bond motifs is 1. The number of para-hydroxylation sites is 1. The van der Waals surface area contributed by atoms with Crippen molar-refractivity contribution in [2.24, 2.45) is 5.10 Å². The van der Waals surface area contributed by atoms with Gasteiger partial charge in [0.1, 0.15) is 0 Å². The van der Waals surface area contributed by atoms with E-state index in [0.29, 0.717) is 21.3 Å². The summed E-state index contributed by atoms with van der Waals surface area (Å²) in [6.07, 6.45) is 1.48. The summed E-state index contributed by atoms with van der Waals surface area (Å²) in [6.45, 7) is 0. The maximum atomic E-state index is 12.4. The minimum absolute atomic E-state index is 0.00933. The Morgan fingerprint density at radius 3 is 2.78 bits per heavy atom. The molecule has 1 heterocycles. The SMILES string of the molecule is COc1cc(C=NNC(=O)c2ccc(CSc3nc4ccccc4s3)cc2)cc(Br)c1O. The first-order valence-electron chi connectivity index (χ1n) is 9.50. The van der Waals surface area contributed by atoms with Crippen LogP contribution in [-0.2, 0) is 5.75 Å². The first-order chi connectivity index (χ1) is 15.5. The van der Waals surface area contributed by atoms with Crippen LogP contribution in [0.3, 0.4) is 0 Å². The highest BCUT2D eigenvalue weighted by Gasteiger charge is 2.09. The minimum atomic E-state index is -0.309. The molecule has 0 fully saturated rings. The number of nitrogens with zero attached hydrogens (tertiary/aromatic N) is 2. The van der Waals surface area contributed by atoms with Crippen LogP contribution in [0.5, 0.6) is 11.5 Å². The van der Waals surface area contributed by atoms with Gasteiger partial charge >= 0.3 is 0 Å². The molecule has 1 amide bonds. The van der Waals surface area contributed by atoms with Crippen molar-refractivity contribution in [2.75, 3.05) is 7.11 Å². The van der Waals surface area contributed by atoms with E-state index < -0.39 is 0 Å². The Hall–Kier alpha value is -2.88. The van der Waals surface area contributed by atoms with E-state index in [2.05, 4.69) is 37.5 Å². The third-order valence-corrected chi connectivity index (χ3v) is 7.36. The van der Waals surface area contributed by atoms with E-state index in [1.54, 1.807) is 47.4 Å². The lowest BCUT2D eigenvalue weighted by atomic mass is 10.1. The van der Waals surface area contributed by atoms with Gasteiger partial charge in [-0.25, -0.2) is 10.4 Å². The van der Waals surface area contributed by atoms with E-state index in [4.69, 9.17) is 4.74 Å². The summed E-state index contributed by atoms with van der Waals surface area (Å²) in [5, 5.41) is 13.8. The van der Waals surface area contributed by atoms with E-state index in [-0.39, 0.29) is 11.7 Å². The average molecular weight is 528 g/mol. The van der Waals surface area contributed by atoms with Gasteiger partial charge in [0, 0.05) is 11.3 Å². The molecule has 0 atom stereocenters. The third-order valence-electron chi connectivity index (χ3n) is 4.50. The zero-order chi connectivity index (χ0) is 22.5. The summed E-state index contributed by atoms with van der Waals surface area (Å²) in [4.78, 5) is 17.0. The van der Waals surface area contributed by atoms with Crippen LogP contribution in [0.4, 0.5) is 0 Å². The number of phenols is 1. The Bertz CT molecular complexity index is 1260. The van der Waals surface area contributed by atoms with Crippen LogP contribution in [0.2, 0.25) is 0 Å². The maximum Gasteiger partial charge on any atom is 0.271 e. The molecule has 2 N–H and O–H groups in total. The van der Waals surface area contributed by atoms with E-state index >= 15 is 0 Å². The summed E-state index contributed by atoms with van der Waals surface area (Å²) in [5.74, 6) is 0.787. The molecular formula is C23H18BrN3O3S2. The number of ether oxygens (including phenoxy) is 1. The number of benzene rings is 3. The smallest absolute Gasteiger partial charge is 0.271 e. The van der Waals surface area contributed by atoms with Gasteiger partial charge in [-0.3, -0.25) is 4.79 Å². The summed E-state index contributed by atoms with van der Waals surface area (Å²) in [7, 11) is 1.46. The van der Waals surface area contributed by atoms with Gasteiger partial charge in [0.15, 0.2) is 15.8 Å². The number of hydrogen-bond acceptors (Lipinski definition) is 7. The fourth-order valence-corrected chi connectivity index (χ4v) is 5.35. The molecule has 162 valence electrons. The monoisotopic (exact) mass is 527 g/mol. The van der Waals surface area contributed by atoms with Crippen molar-refractivity contribution in [3.8, 4) is 11.5 Å². The van der Waals surface area contributed by atoms with Gasteiger partial charge in [0.25, 0.3) is 5.91 Å². The van der Waals surface area contributed by atoms with Gasteiger partial charge in [0.05, 0.1) is 28.0 Å². The number of methoxy groups -OCH3 is 1. The second-order valence-corrected chi connectivity index (χ2v) is 9.79. The van der Waals surface area contributed by atoms with Crippen molar-refractivity contribution >= 4 is 61.4 Å². The molecule has 0 aliphatic rings. The van der Waals surface area contributed by atoms with E-state index in [0.717, 1.165) is 21.2 Å². The Balaban J connectivity index is 1.33. The maximum absolute atomic E-state index is 12.4. The van der Waals surface area contributed by atoms with Crippen LogP contribution in [0.1, 0.15) is 21.5 Å². The quantitative estimate of drug-likeness (QED) is 0.179. The van der Waals surface area contributed by atoms with Crippen LogP contribution >= 0.6 is 39.0 Å². The summed E-state index contributed by atoms with van der Waals surface area (Å²) < 4.78 is 7.79. The average Bonchev–Trinajstić information content (AvgIpc) is 3.23. The van der Waals surface area contributed by atoms with Gasteiger partial charge in [0.2, 0.25) is 0 Å². The topological polar surface area (TPSA) is 83.8 Å². The standard InChI is InChI=1S/C23H18BrN3O3S2/c1-30-19-11-15(10-17(24)21(19)28)12-25-27-22(29)16-8-6-14(7-9-16)13-31-23-26-18-4-2-3-5-20(18)32-23/h2-12,28H,13H2,1H3,(H,27,29). The molecule has 4 rings (SSSR count). The van der Waals surface area contributed by atoms with Crippen molar-refractivity contribution in [2.45, 2.75) is 10.1 Å². The highest BCUT2D eigenvalue weighted by Crippen LogP contribution is 2.34. The molecule has 32 heavy (non-hydrogen) atoms. The Morgan fingerprint density at radius 2 is 2.03 bits per heavy atom. The van der Waals surface area contributed by atoms with Crippen molar-refractivity contribution in [1.29, 1.82) is 0 Å². The number of phenolic OH excluding ortho intramolecular Hbond substituents is 1. The molecule has 0 spiro atoms. The van der Waals surface area contributed by atoms with E-state index in [9.17, 15) is 9.90 Å². The summed E-state index contributed by atoms with van der Waals surface area (Å²) in [6, 6.07) is 18.8. The van der Waals surface area contributed by atoms with Crippen molar-refractivity contribution in [3.05, 3.63) is 81.8 Å². The fraction of sp³-hybridized carbons (Fsp3) is 0.0870. The molecule has 0 saturated carbocycles. The number of nitrogens with one attached hydrogen (secondary N) is 1. The fourth-order valence-electron chi connectivity index (χ4n) is 2.86. The highest BCUT2D eigenvalue weighted by molar-refractivity contribution is 9.10. The highest BCUT2D eigenvalue weighted by atomic mass is 79.9. The molecule has 6 nitrogen and oxygen atoms in total. The molecule has 0 bridgehead atoms. The minimum Gasteiger partial charge on any atom is -0.503 e. The molecule has 9 heteroatoms. The lowest BCUT2D eigenvalue weighted by Gasteiger charge is -2.06. The number of carbonyl (C=O) groups excluding carboxylic acids is 1. The number of rotatable bonds is 7. The number of amides is 1. The zero-order valence-corrected chi connectivity index (χ0v) is 20.1. The van der Waals surface area contributed by atoms with Crippen LogP contribution in [0.25, 0.3) is 10.2 Å². The Morgan fingerprint density at radius 1 is 1.25 bits per heavy atom. The van der Waals surface area contributed by atoms with Gasteiger partial charge in [-0.1, -0.05) is 36.0 Å². The number of hydrogen-bond donors (Lipinski definition) is 2. The van der Waals surface area contributed by atoms with Gasteiger partial charge in [-0.2, -0.15) is 5.10 Å².